The first-order chi connectivity index (χ1) is 9.69. The topological polar surface area (TPSA) is 61.0 Å². The molecule has 0 aliphatic carbocycles. The fourth-order valence-corrected chi connectivity index (χ4v) is 2.04. The lowest BCUT2D eigenvalue weighted by atomic mass is 10.1. The highest BCUT2D eigenvalue weighted by Gasteiger charge is 2.10. The minimum Gasteiger partial charge on any atom is -0.497 e. The number of hydrogen-bond donors (Lipinski definition) is 1. The maximum Gasteiger partial charge on any atom is 0.162 e. The number of nitrogens with two attached hydrogens (primary N) is 1. The van der Waals surface area contributed by atoms with Crippen molar-refractivity contribution in [2.24, 2.45) is 0 Å². The summed E-state index contributed by atoms with van der Waals surface area (Å²) in [6, 6.07) is 11.9. The van der Waals surface area contributed by atoms with Crippen LogP contribution in [-0.2, 0) is 0 Å². The standard InChI is InChI=1S/C15H12FN3O/c1-20-10-7-5-9(6-8-10)15-18-12-4-2-3-11(16)13(12)14(17)19-15/h2-8H,1H3,(H2,17,18,19). The van der Waals surface area contributed by atoms with Crippen LogP contribution in [0.25, 0.3) is 22.3 Å². The number of nitrogen functional groups attached to an aromatic ring is 1. The third kappa shape index (κ3) is 2.03. The van der Waals surface area contributed by atoms with Crippen molar-refractivity contribution in [3.8, 4) is 17.1 Å². The number of rotatable bonds is 2. The van der Waals surface area contributed by atoms with Gasteiger partial charge in [0.2, 0.25) is 0 Å². The molecular formula is C15H12FN3O. The number of halogens is 1. The predicted octanol–water partition coefficient (Wildman–Crippen LogP) is 3.03. The van der Waals surface area contributed by atoms with Crippen molar-refractivity contribution >= 4 is 16.7 Å². The molecule has 2 aromatic carbocycles. The molecule has 0 saturated heterocycles. The van der Waals surface area contributed by atoms with Crippen molar-refractivity contribution in [3.63, 3.8) is 0 Å². The lowest BCUT2D eigenvalue weighted by molar-refractivity contribution is 0.415. The van der Waals surface area contributed by atoms with Crippen LogP contribution in [0.15, 0.2) is 42.5 Å². The fraction of sp³-hybridized carbons (Fsp3) is 0.0667. The molecule has 1 heterocycles. The van der Waals surface area contributed by atoms with E-state index in [1.165, 1.54) is 6.07 Å². The van der Waals surface area contributed by atoms with Crippen LogP contribution in [0, 0.1) is 5.82 Å². The molecule has 0 atom stereocenters. The Hall–Kier alpha value is -2.69. The Bertz CT molecular complexity index is 772. The number of methoxy groups -OCH3 is 1. The summed E-state index contributed by atoms with van der Waals surface area (Å²) in [6.45, 7) is 0. The van der Waals surface area contributed by atoms with Gasteiger partial charge in [-0.3, -0.25) is 0 Å². The van der Waals surface area contributed by atoms with E-state index in [9.17, 15) is 4.39 Å². The molecule has 0 aliphatic heterocycles. The third-order valence-electron chi connectivity index (χ3n) is 3.05. The van der Waals surface area contributed by atoms with Gasteiger partial charge in [0.25, 0.3) is 0 Å². The molecule has 0 unspecified atom stereocenters. The summed E-state index contributed by atoms with van der Waals surface area (Å²) < 4.78 is 18.8. The first-order valence-corrected chi connectivity index (χ1v) is 6.05. The van der Waals surface area contributed by atoms with Gasteiger partial charge < -0.3 is 10.5 Å². The highest BCUT2D eigenvalue weighted by molar-refractivity contribution is 5.90. The second-order valence-corrected chi connectivity index (χ2v) is 4.29. The molecule has 4 nitrogen and oxygen atoms in total. The Balaban J connectivity index is 2.17. The molecule has 0 saturated carbocycles. The van der Waals surface area contributed by atoms with Crippen molar-refractivity contribution in [2.45, 2.75) is 0 Å². The summed E-state index contributed by atoms with van der Waals surface area (Å²) in [5.41, 5.74) is 7.12. The molecule has 0 radical (unpaired) electrons. The minimum atomic E-state index is -0.415. The van der Waals surface area contributed by atoms with E-state index in [1.54, 1.807) is 19.2 Å². The Morgan fingerprint density at radius 3 is 2.50 bits per heavy atom. The maximum atomic E-state index is 13.7. The molecule has 0 amide bonds. The van der Waals surface area contributed by atoms with Crippen LogP contribution in [0.4, 0.5) is 10.2 Å². The number of ether oxygens (including phenoxy) is 1. The predicted molar refractivity (Wildman–Crippen MR) is 75.9 cm³/mol. The first-order valence-electron chi connectivity index (χ1n) is 6.05. The molecule has 100 valence electrons. The average Bonchev–Trinajstić information content (AvgIpc) is 2.47. The molecule has 0 aliphatic rings. The van der Waals surface area contributed by atoms with Crippen LogP contribution in [-0.4, -0.2) is 17.1 Å². The zero-order chi connectivity index (χ0) is 14.1. The second kappa shape index (κ2) is 4.77. The number of anilines is 1. The van der Waals surface area contributed by atoms with Gasteiger partial charge in [-0.2, -0.15) is 0 Å². The third-order valence-corrected chi connectivity index (χ3v) is 3.05. The van der Waals surface area contributed by atoms with E-state index in [4.69, 9.17) is 10.5 Å². The van der Waals surface area contributed by atoms with E-state index < -0.39 is 5.82 Å². The normalized spacial score (nSPS) is 10.7. The average molecular weight is 269 g/mol. The van der Waals surface area contributed by atoms with Gasteiger partial charge in [-0.25, -0.2) is 14.4 Å². The van der Waals surface area contributed by atoms with Crippen LogP contribution in [0.5, 0.6) is 5.75 Å². The van der Waals surface area contributed by atoms with E-state index >= 15 is 0 Å². The summed E-state index contributed by atoms with van der Waals surface area (Å²) in [5.74, 6) is 0.928. The van der Waals surface area contributed by atoms with Crippen LogP contribution in [0.3, 0.4) is 0 Å². The van der Waals surface area contributed by atoms with Gasteiger partial charge in [0.05, 0.1) is 18.0 Å². The van der Waals surface area contributed by atoms with Crippen molar-refractivity contribution in [1.82, 2.24) is 9.97 Å². The number of aromatic nitrogens is 2. The highest BCUT2D eigenvalue weighted by Crippen LogP contribution is 2.26. The zero-order valence-electron chi connectivity index (χ0n) is 10.8. The monoisotopic (exact) mass is 269 g/mol. The lowest BCUT2D eigenvalue weighted by Crippen LogP contribution is -1.99. The van der Waals surface area contributed by atoms with Gasteiger partial charge in [-0.15, -0.1) is 0 Å². The molecule has 5 heteroatoms. The molecule has 3 rings (SSSR count). The Kier molecular flexibility index (Phi) is 2.95. The van der Waals surface area contributed by atoms with Crippen molar-refractivity contribution < 1.29 is 9.13 Å². The Morgan fingerprint density at radius 1 is 1.05 bits per heavy atom. The van der Waals surface area contributed by atoms with E-state index in [0.29, 0.717) is 11.3 Å². The number of nitrogens with zero attached hydrogens (tertiary/aromatic N) is 2. The summed E-state index contributed by atoms with van der Waals surface area (Å²) >= 11 is 0. The summed E-state index contributed by atoms with van der Waals surface area (Å²) in [6.07, 6.45) is 0. The summed E-state index contributed by atoms with van der Waals surface area (Å²) in [5, 5.41) is 0.254. The van der Waals surface area contributed by atoms with Gasteiger partial charge in [0.15, 0.2) is 5.82 Å². The molecule has 0 bridgehead atoms. The number of benzene rings is 2. The van der Waals surface area contributed by atoms with Gasteiger partial charge in [-0.1, -0.05) is 6.07 Å². The number of hydrogen-bond acceptors (Lipinski definition) is 4. The zero-order valence-corrected chi connectivity index (χ0v) is 10.8. The fourth-order valence-electron chi connectivity index (χ4n) is 2.04. The Labute approximate surface area is 115 Å². The van der Waals surface area contributed by atoms with Gasteiger partial charge >= 0.3 is 0 Å². The van der Waals surface area contributed by atoms with E-state index in [2.05, 4.69) is 9.97 Å². The Morgan fingerprint density at radius 2 is 1.80 bits per heavy atom. The molecule has 3 aromatic rings. The van der Waals surface area contributed by atoms with Gasteiger partial charge in [-0.05, 0) is 36.4 Å². The van der Waals surface area contributed by atoms with E-state index in [-0.39, 0.29) is 11.2 Å². The van der Waals surface area contributed by atoms with Crippen molar-refractivity contribution in [1.29, 1.82) is 0 Å². The summed E-state index contributed by atoms with van der Waals surface area (Å²) in [4.78, 5) is 8.52. The molecule has 0 spiro atoms. The van der Waals surface area contributed by atoms with Gasteiger partial charge in [0, 0.05) is 5.56 Å². The molecular weight excluding hydrogens is 257 g/mol. The molecule has 0 fully saturated rings. The molecule has 20 heavy (non-hydrogen) atoms. The molecule has 1 aromatic heterocycles. The van der Waals surface area contributed by atoms with Crippen LogP contribution >= 0.6 is 0 Å². The minimum absolute atomic E-state index is 0.138. The van der Waals surface area contributed by atoms with E-state index in [0.717, 1.165) is 11.3 Å². The highest BCUT2D eigenvalue weighted by atomic mass is 19.1. The SMILES string of the molecule is COc1ccc(-c2nc(N)c3c(F)cccc3n2)cc1. The number of fused-ring (bicyclic) bond motifs is 1. The second-order valence-electron chi connectivity index (χ2n) is 4.29. The lowest BCUT2D eigenvalue weighted by Gasteiger charge is -2.07. The quantitative estimate of drug-likeness (QED) is 0.776. The van der Waals surface area contributed by atoms with Gasteiger partial charge in [0.1, 0.15) is 17.4 Å². The van der Waals surface area contributed by atoms with Crippen LogP contribution < -0.4 is 10.5 Å². The smallest absolute Gasteiger partial charge is 0.162 e. The van der Waals surface area contributed by atoms with Crippen LogP contribution in [0.1, 0.15) is 0 Å². The van der Waals surface area contributed by atoms with Crippen LogP contribution in [0.2, 0.25) is 0 Å². The first kappa shape index (κ1) is 12.3. The van der Waals surface area contributed by atoms with Crippen molar-refractivity contribution in [3.05, 3.63) is 48.3 Å². The summed E-state index contributed by atoms with van der Waals surface area (Å²) in [7, 11) is 1.60. The van der Waals surface area contributed by atoms with Crippen molar-refractivity contribution in [2.75, 3.05) is 12.8 Å². The molecule has 2 N–H and O–H groups in total. The maximum absolute atomic E-state index is 13.7. The van der Waals surface area contributed by atoms with E-state index in [1.807, 2.05) is 24.3 Å². The largest absolute Gasteiger partial charge is 0.497 e.